The van der Waals surface area contributed by atoms with E-state index in [4.69, 9.17) is 4.74 Å². The molecule has 0 saturated carbocycles. The number of imidazole rings is 1. The Morgan fingerprint density at radius 3 is 2.86 bits per heavy atom. The van der Waals surface area contributed by atoms with E-state index in [0.717, 1.165) is 41.1 Å². The van der Waals surface area contributed by atoms with Crippen molar-refractivity contribution in [1.82, 2.24) is 14.5 Å². The molecule has 0 amide bonds. The molecule has 0 aliphatic carbocycles. The lowest BCUT2D eigenvalue weighted by atomic mass is 10.1. The van der Waals surface area contributed by atoms with Crippen LogP contribution in [0.1, 0.15) is 5.82 Å². The van der Waals surface area contributed by atoms with Gasteiger partial charge in [0, 0.05) is 44.0 Å². The van der Waals surface area contributed by atoms with Crippen LogP contribution in [0.5, 0.6) is 5.75 Å². The number of nitrogens with one attached hydrogen (secondary N) is 1. The van der Waals surface area contributed by atoms with Gasteiger partial charge in [-0.25, -0.2) is 9.97 Å². The Labute approximate surface area is 123 Å². The van der Waals surface area contributed by atoms with Crippen LogP contribution in [0.2, 0.25) is 0 Å². The SMILES string of the molecule is COc1ccc2ccnc(NCCc3nccn3C)c2c1. The minimum Gasteiger partial charge on any atom is -0.497 e. The van der Waals surface area contributed by atoms with Gasteiger partial charge in [0.05, 0.1) is 7.11 Å². The van der Waals surface area contributed by atoms with Crippen molar-refractivity contribution in [3.63, 3.8) is 0 Å². The standard InChI is InChI=1S/C16H18N4O/c1-20-10-9-17-15(20)6-8-19-16-14-11-13(21-2)4-3-12(14)5-7-18-16/h3-5,7,9-11H,6,8H2,1-2H3,(H,18,19). The van der Waals surface area contributed by atoms with Crippen LogP contribution >= 0.6 is 0 Å². The number of hydrogen-bond acceptors (Lipinski definition) is 4. The number of methoxy groups -OCH3 is 1. The average molecular weight is 282 g/mol. The van der Waals surface area contributed by atoms with Gasteiger partial charge < -0.3 is 14.6 Å². The number of aryl methyl sites for hydroxylation is 1. The average Bonchev–Trinajstić information content (AvgIpc) is 2.92. The number of ether oxygens (including phenoxy) is 1. The lowest BCUT2D eigenvalue weighted by molar-refractivity contribution is 0.415. The molecule has 0 bridgehead atoms. The zero-order valence-corrected chi connectivity index (χ0v) is 12.2. The van der Waals surface area contributed by atoms with Gasteiger partial charge in [-0.1, -0.05) is 6.07 Å². The predicted octanol–water partition coefficient (Wildman–Crippen LogP) is 2.63. The Morgan fingerprint density at radius 2 is 2.10 bits per heavy atom. The Bertz CT molecular complexity index is 751. The van der Waals surface area contributed by atoms with Crippen molar-refractivity contribution >= 4 is 16.6 Å². The molecule has 3 aromatic rings. The fourth-order valence-electron chi connectivity index (χ4n) is 2.35. The van der Waals surface area contributed by atoms with Crippen LogP contribution in [0.3, 0.4) is 0 Å². The lowest BCUT2D eigenvalue weighted by Crippen LogP contribution is -2.09. The minimum absolute atomic E-state index is 0.786. The zero-order chi connectivity index (χ0) is 14.7. The number of aromatic nitrogens is 3. The summed E-state index contributed by atoms with van der Waals surface area (Å²) >= 11 is 0. The Kier molecular flexibility index (Phi) is 3.73. The van der Waals surface area contributed by atoms with Gasteiger partial charge >= 0.3 is 0 Å². The van der Waals surface area contributed by atoms with E-state index in [1.54, 1.807) is 7.11 Å². The first-order chi connectivity index (χ1) is 10.3. The normalized spacial score (nSPS) is 10.8. The number of benzene rings is 1. The molecule has 0 spiro atoms. The maximum absolute atomic E-state index is 5.29. The molecule has 0 aliphatic heterocycles. The smallest absolute Gasteiger partial charge is 0.133 e. The van der Waals surface area contributed by atoms with Gasteiger partial charge in [0.25, 0.3) is 0 Å². The van der Waals surface area contributed by atoms with Gasteiger partial charge in [-0.2, -0.15) is 0 Å². The van der Waals surface area contributed by atoms with Crippen LogP contribution < -0.4 is 10.1 Å². The van der Waals surface area contributed by atoms with E-state index in [2.05, 4.69) is 15.3 Å². The highest BCUT2D eigenvalue weighted by Crippen LogP contribution is 2.25. The second-order valence-corrected chi connectivity index (χ2v) is 4.88. The fourth-order valence-corrected chi connectivity index (χ4v) is 2.35. The van der Waals surface area contributed by atoms with E-state index in [9.17, 15) is 0 Å². The maximum atomic E-state index is 5.29. The summed E-state index contributed by atoms with van der Waals surface area (Å²) < 4.78 is 7.32. The number of pyridine rings is 1. The number of hydrogen-bond donors (Lipinski definition) is 1. The zero-order valence-electron chi connectivity index (χ0n) is 12.2. The van der Waals surface area contributed by atoms with Crippen LogP contribution in [0, 0.1) is 0 Å². The highest BCUT2D eigenvalue weighted by Gasteiger charge is 2.05. The Balaban J connectivity index is 1.78. The molecule has 1 aromatic carbocycles. The van der Waals surface area contributed by atoms with E-state index >= 15 is 0 Å². The third-order valence-corrected chi connectivity index (χ3v) is 3.54. The first kappa shape index (κ1) is 13.4. The summed E-state index contributed by atoms with van der Waals surface area (Å²) in [6, 6.07) is 8.00. The van der Waals surface area contributed by atoms with Crippen LogP contribution in [0.25, 0.3) is 10.8 Å². The molecule has 0 radical (unpaired) electrons. The molecule has 2 heterocycles. The summed E-state index contributed by atoms with van der Waals surface area (Å²) in [5.41, 5.74) is 0. The third kappa shape index (κ3) is 2.81. The molecule has 2 aromatic heterocycles. The van der Waals surface area contributed by atoms with E-state index < -0.39 is 0 Å². The van der Waals surface area contributed by atoms with Crippen LogP contribution in [-0.2, 0) is 13.5 Å². The van der Waals surface area contributed by atoms with Crippen molar-refractivity contribution in [1.29, 1.82) is 0 Å². The number of fused-ring (bicyclic) bond motifs is 1. The highest BCUT2D eigenvalue weighted by molar-refractivity contribution is 5.92. The van der Waals surface area contributed by atoms with Crippen molar-refractivity contribution in [2.45, 2.75) is 6.42 Å². The molecule has 0 unspecified atom stereocenters. The summed E-state index contributed by atoms with van der Waals surface area (Å²) in [6.07, 6.45) is 6.44. The van der Waals surface area contributed by atoms with E-state index in [1.807, 2.05) is 54.5 Å². The third-order valence-electron chi connectivity index (χ3n) is 3.54. The van der Waals surface area contributed by atoms with Crippen molar-refractivity contribution in [3.05, 3.63) is 48.7 Å². The Morgan fingerprint density at radius 1 is 1.19 bits per heavy atom. The summed E-state index contributed by atoms with van der Waals surface area (Å²) in [4.78, 5) is 8.75. The molecule has 0 saturated heterocycles. The summed E-state index contributed by atoms with van der Waals surface area (Å²) in [5.74, 6) is 2.77. The van der Waals surface area contributed by atoms with Gasteiger partial charge in [0.15, 0.2) is 0 Å². The molecule has 5 heteroatoms. The van der Waals surface area contributed by atoms with Gasteiger partial charge in [-0.3, -0.25) is 0 Å². The lowest BCUT2D eigenvalue weighted by Gasteiger charge is -2.10. The molecule has 0 fully saturated rings. The topological polar surface area (TPSA) is 52.0 Å². The van der Waals surface area contributed by atoms with E-state index in [0.29, 0.717) is 0 Å². The molecule has 3 rings (SSSR count). The van der Waals surface area contributed by atoms with E-state index in [1.165, 1.54) is 0 Å². The molecule has 108 valence electrons. The van der Waals surface area contributed by atoms with Gasteiger partial charge in [0.2, 0.25) is 0 Å². The molecule has 21 heavy (non-hydrogen) atoms. The summed E-state index contributed by atoms with van der Waals surface area (Å²) in [7, 11) is 3.68. The quantitative estimate of drug-likeness (QED) is 0.781. The largest absolute Gasteiger partial charge is 0.497 e. The van der Waals surface area contributed by atoms with Crippen LogP contribution in [-0.4, -0.2) is 28.2 Å². The first-order valence-electron chi connectivity index (χ1n) is 6.91. The maximum Gasteiger partial charge on any atom is 0.133 e. The second-order valence-electron chi connectivity index (χ2n) is 4.88. The van der Waals surface area contributed by atoms with Gasteiger partial charge in [-0.05, 0) is 23.6 Å². The highest BCUT2D eigenvalue weighted by atomic mass is 16.5. The molecular weight excluding hydrogens is 264 g/mol. The predicted molar refractivity (Wildman–Crippen MR) is 83.7 cm³/mol. The second kappa shape index (κ2) is 5.83. The van der Waals surface area contributed by atoms with Gasteiger partial charge in [-0.15, -0.1) is 0 Å². The summed E-state index contributed by atoms with van der Waals surface area (Å²) in [5, 5.41) is 5.59. The monoisotopic (exact) mass is 282 g/mol. The first-order valence-corrected chi connectivity index (χ1v) is 6.91. The molecular formula is C16H18N4O. The van der Waals surface area contributed by atoms with Gasteiger partial charge in [0.1, 0.15) is 17.4 Å². The van der Waals surface area contributed by atoms with Crippen molar-refractivity contribution in [2.24, 2.45) is 7.05 Å². The number of nitrogens with zero attached hydrogens (tertiary/aromatic N) is 3. The Hall–Kier alpha value is -2.56. The number of rotatable bonds is 5. The van der Waals surface area contributed by atoms with Crippen molar-refractivity contribution in [3.8, 4) is 5.75 Å². The molecule has 0 atom stereocenters. The fraction of sp³-hybridized carbons (Fsp3) is 0.250. The van der Waals surface area contributed by atoms with Crippen molar-refractivity contribution in [2.75, 3.05) is 19.0 Å². The van der Waals surface area contributed by atoms with E-state index in [-0.39, 0.29) is 0 Å². The molecule has 0 aliphatic rings. The van der Waals surface area contributed by atoms with Crippen LogP contribution in [0.15, 0.2) is 42.9 Å². The minimum atomic E-state index is 0.786. The van der Waals surface area contributed by atoms with Crippen molar-refractivity contribution < 1.29 is 4.74 Å². The number of anilines is 1. The summed E-state index contributed by atoms with van der Waals surface area (Å²) in [6.45, 7) is 0.786. The molecule has 1 N–H and O–H groups in total. The molecule has 5 nitrogen and oxygen atoms in total. The van der Waals surface area contributed by atoms with Crippen LogP contribution in [0.4, 0.5) is 5.82 Å².